The van der Waals surface area contributed by atoms with E-state index in [2.05, 4.69) is 19.1 Å². The van der Waals surface area contributed by atoms with E-state index in [0.717, 1.165) is 32.7 Å². The Labute approximate surface area is 147 Å². The highest BCUT2D eigenvalue weighted by Crippen LogP contribution is 2.38. The van der Waals surface area contributed by atoms with Gasteiger partial charge in [-0.1, -0.05) is 67.6 Å². The second-order valence-corrected chi connectivity index (χ2v) is 6.61. The lowest BCUT2D eigenvalue weighted by Crippen LogP contribution is -2.01. The zero-order valence-corrected chi connectivity index (χ0v) is 14.1. The molecule has 4 aromatic rings. The lowest BCUT2D eigenvalue weighted by Gasteiger charge is -2.18. The molecule has 2 heteroatoms. The van der Waals surface area contributed by atoms with Gasteiger partial charge in [0.15, 0.2) is 0 Å². The van der Waals surface area contributed by atoms with Crippen molar-refractivity contribution in [2.75, 3.05) is 0 Å². The number of hydrogen-bond acceptors (Lipinski definition) is 2. The first-order valence-corrected chi connectivity index (χ1v) is 8.55. The first-order chi connectivity index (χ1) is 12.1. The van der Waals surface area contributed by atoms with Crippen LogP contribution in [0.15, 0.2) is 72.8 Å². The van der Waals surface area contributed by atoms with Gasteiger partial charge in [0, 0.05) is 11.1 Å². The SMILES string of the molecule is CC(Cc1c(O)ccc2ccccc12)c1c(O)ccc2ccccc12. The van der Waals surface area contributed by atoms with Crippen LogP contribution >= 0.6 is 0 Å². The third kappa shape index (κ3) is 2.70. The van der Waals surface area contributed by atoms with Crippen LogP contribution in [0.1, 0.15) is 24.0 Å². The smallest absolute Gasteiger partial charge is 0.119 e. The molecule has 0 bridgehead atoms. The summed E-state index contributed by atoms with van der Waals surface area (Å²) in [6.07, 6.45) is 0.661. The number of phenols is 2. The van der Waals surface area contributed by atoms with Crippen molar-refractivity contribution in [2.45, 2.75) is 19.3 Å². The highest BCUT2D eigenvalue weighted by molar-refractivity contribution is 5.89. The van der Waals surface area contributed by atoms with Crippen LogP contribution in [0.3, 0.4) is 0 Å². The summed E-state index contributed by atoms with van der Waals surface area (Å²) in [6.45, 7) is 2.10. The lowest BCUT2D eigenvalue weighted by molar-refractivity contribution is 0.457. The number of hydrogen-bond donors (Lipinski definition) is 2. The standard InChI is InChI=1S/C23H20O2/c1-15(23-19-9-5-3-7-17(19)11-13-22(23)25)14-20-18-8-4-2-6-16(18)10-12-21(20)24/h2-13,15,24-25H,14H2,1H3. The van der Waals surface area contributed by atoms with Crippen LogP contribution in [0.2, 0.25) is 0 Å². The van der Waals surface area contributed by atoms with Gasteiger partial charge in [0.2, 0.25) is 0 Å². The number of aromatic hydroxyl groups is 2. The molecule has 0 aliphatic carbocycles. The van der Waals surface area contributed by atoms with E-state index in [4.69, 9.17) is 0 Å². The molecule has 4 rings (SSSR count). The van der Waals surface area contributed by atoms with E-state index < -0.39 is 0 Å². The number of fused-ring (bicyclic) bond motifs is 2. The van der Waals surface area contributed by atoms with Crippen LogP contribution in [0.4, 0.5) is 0 Å². The van der Waals surface area contributed by atoms with E-state index in [0.29, 0.717) is 17.9 Å². The monoisotopic (exact) mass is 328 g/mol. The van der Waals surface area contributed by atoms with Crippen LogP contribution < -0.4 is 0 Å². The second-order valence-electron chi connectivity index (χ2n) is 6.61. The minimum atomic E-state index is 0.0720. The molecule has 2 N–H and O–H groups in total. The third-order valence-electron chi connectivity index (χ3n) is 4.97. The summed E-state index contributed by atoms with van der Waals surface area (Å²) >= 11 is 0. The molecule has 25 heavy (non-hydrogen) atoms. The lowest BCUT2D eigenvalue weighted by atomic mass is 9.87. The second kappa shape index (κ2) is 6.14. The molecule has 0 saturated carbocycles. The Bertz CT molecular complexity index is 1070. The van der Waals surface area contributed by atoms with Gasteiger partial charge in [0.1, 0.15) is 11.5 Å². The largest absolute Gasteiger partial charge is 0.508 e. The van der Waals surface area contributed by atoms with Crippen LogP contribution in [0, 0.1) is 0 Å². The van der Waals surface area contributed by atoms with E-state index in [1.807, 2.05) is 48.5 Å². The summed E-state index contributed by atoms with van der Waals surface area (Å²) < 4.78 is 0. The fourth-order valence-electron chi connectivity index (χ4n) is 3.75. The first kappa shape index (κ1) is 15.5. The van der Waals surface area contributed by atoms with Gasteiger partial charge in [-0.3, -0.25) is 0 Å². The highest BCUT2D eigenvalue weighted by Gasteiger charge is 2.18. The molecule has 124 valence electrons. The molecule has 0 radical (unpaired) electrons. The number of rotatable bonds is 3. The van der Waals surface area contributed by atoms with Crippen LogP contribution in [0.5, 0.6) is 11.5 Å². The first-order valence-electron chi connectivity index (χ1n) is 8.55. The summed E-state index contributed by atoms with van der Waals surface area (Å²) in [5.74, 6) is 0.694. The summed E-state index contributed by atoms with van der Waals surface area (Å²) in [7, 11) is 0. The quantitative estimate of drug-likeness (QED) is 0.502. The Balaban J connectivity index is 1.83. The molecule has 0 aromatic heterocycles. The molecule has 1 atom stereocenters. The molecule has 0 heterocycles. The number of phenolic OH excluding ortho intramolecular Hbond substituents is 2. The van der Waals surface area contributed by atoms with Gasteiger partial charge in [0.25, 0.3) is 0 Å². The summed E-state index contributed by atoms with van der Waals surface area (Å²) in [5, 5.41) is 25.3. The highest BCUT2D eigenvalue weighted by atomic mass is 16.3. The summed E-state index contributed by atoms with van der Waals surface area (Å²) in [6, 6.07) is 23.6. The Morgan fingerprint density at radius 2 is 1.24 bits per heavy atom. The topological polar surface area (TPSA) is 40.5 Å². The molecule has 2 nitrogen and oxygen atoms in total. The van der Waals surface area contributed by atoms with Crippen molar-refractivity contribution in [1.29, 1.82) is 0 Å². The molecule has 0 aliphatic rings. The molecule has 0 aliphatic heterocycles. The van der Waals surface area contributed by atoms with Gasteiger partial charge < -0.3 is 10.2 Å². The predicted molar refractivity (Wildman–Crippen MR) is 103 cm³/mol. The molecular formula is C23H20O2. The molecule has 4 aromatic carbocycles. The minimum Gasteiger partial charge on any atom is -0.508 e. The van der Waals surface area contributed by atoms with Gasteiger partial charge in [-0.15, -0.1) is 0 Å². The van der Waals surface area contributed by atoms with E-state index in [1.54, 1.807) is 12.1 Å². The summed E-state index contributed by atoms with van der Waals surface area (Å²) in [5.41, 5.74) is 1.86. The van der Waals surface area contributed by atoms with Crippen molar-refractivity contribution in [1.82, 2.24) is 0 Å². The zero-order chi connectivity index (χ0) is 17.4. The van der Waals surface area contributed by atoms with E-state index in [1.165, 1.54) is 0 Å². The van der Waals surface area contributed by atoms with Crippen LogP contribution in [-0.2, 0) is 6.42 Å². The Hall–Kier alpha value is -3.00. The third-order valence-corrected chi connectivity index (χ3v) is 4.97. The van der Waals surface area contributed by atoms with Gasteiger partial charge >= 0.3 is 0 Å². The van der Waals surface area contributed by atoms with Crippen molar-refractivity contribution < 1.29 is 10.2 Å². The Kier molecular flexibility index (Phi) is 3.81. The van der Waals surface area contributed by atoms with Crippen molar-refractivity contribution in [3.05, 3.63) is 83.9 Å². The van der Waals surface area contributed by atoms with Crippen LogP contribution in [-0.4, -0.2) is 10.2 Å². The van der Waals surface area contributed by atoms with Gasteiger partial charge in [-0.25, -0.2) is 0 Å². The van der Waals surface area contributed by atoms with E-state index in [9.17, 15) is 10.2 Å². The van der Waals surface area contributed by atoms with Crippen molar-refractivity contribution in [3.63, 3.8) is 0 Å². The number of benzene rings is 4. The molecule has 1 unspecified atom stereocenters. The molecule has 0 saturated heterocycles. The zero-order valence-electron chi connectivity index (χ0n) is 14.1. The van der Waals surface area contributed by atoms with E-state index in [-0.39, 0.29) is 5.92 Å². The van der Waals surface area contributed by atoms with Crippen molar-refractivity contribution >= 4 is 21.5 Å². The normalized spacial score (nSPS) is 12.5. The van der Waals surface area contributed by atoms with Crippen molar-refractivity contribution in [2.24, 2.45) is 0 Å². The predicted octanol–water partition coefficient (Wildman–Crippen LogP) is 5.75. The maximum absolute atomic E-state index is 10.5. The molecule has 0 spiro atoms. The van der Waals surface area contributed by atoms with Crippen molar-refractivity contribution in [3.8, 4) is 11.5 Å². The fraction of sp³-hybridized carbons (Fsp3) is 0.130. The maximum Gasteiger partial charge on any atom is 0.119 e. The fourth-order valence-corrected chi connectivity index (χ4v) is 3.75. The van der Waals surface area contributed by atoms with Gasteiger partial charge in [-0.2, -0.15) is 0 Å². The minimum absolute atomic E-state index is 0.0720. The van der Waals surface area contributed by atoms with E-state index >= 15 is 0 Å². The molecular weight excluding hydrogens is 308 g/mol. The molecule has 0 amide bonds. The van der Waals surface area contributed by atoms with Crippen LogP contribution in [0.25, 0.3) is 21.5 Å². The molecule has 0 fully saturated rings. The van der Waals surface area contributed by atoms with Gasteiger partial charge in [-0.05, 0) is 46.0 Å². The average molecular weight is 328 g/mol. The average Bonchev–Trinajstić information content (AvgIpc) is 2.64. The Morgan fingerprint density at radius 1 is 0.680 bits per heavy atom. The summed E-state index contributed by atoms with van der Waals surface area (Å²) in [4.78, 5) is 0. The Morgan fingerprint density at radius 3 is 1.96 bits per heavy atom. The maximum atomic E-state index is 10.5. The van der Waals surface area contributed by atoms with Gasteiger partial charge in [0.05, 0.1) is 0 Å².